The molecule has 0 spiro atoms. The van der Waals surface area contributed by atoms with Crippen molar-refractivity contribution in [3.63, 3.8) is 0 Å². The standard InChI is InChI=1S/C19H34O2/c1-5-6-7-8-9-10-11-12-13-14-15-16-17-21-18(20)19(2,3)4/h7-17H2,1-4H3. The van der Waals surface area contributed by atoms with Gasteiger partial charge in [-0.15, -0.1) is 11.8 Å². The van der Waals surface area contributed by atoms with Gasteiger partial charge in [-0.05, 0) is 40.5 Å². The minimum atomic E-state index is -0.372. The number of ether oxygens (including phenoxy) is 1. The van der Waals surface area contributed by atoms with Gasteiger partial charge in [0.25, 0.3) is 0 Å². The molecule has 0 aromatic carbocycles. The summed E-state index contributed by atoms with van der Waals surface area (Å²) >= 11 is 0. The SMILES string of the molecule is CC#CCCCCCCCCCCCOC(=O)C(C)(C)C. The third-order valence-electron chi connectivity index (χ3n) is 3.47. The molecule has 2 nitrogen and oxygen atoms in total. The topological polar surface area (TPSA) is 26.3 Å². The van der Waals surface area contributed by atoms with Crippen molar-refractivity contribution in [1.82, 2.24) is 0 Å². The lowest BCUT2D eigenvalue weighted by Crippen LogP contribution is -2.23. The molecule has 0 fully saturated rings. The van der Waals surface area contributed by atoms with E-state index in [1.807, 2.05) is 27.7 Å². The van der Waals surface area contributed by atoms with E-state index in [2.05, 4.69) is 11.8 Å². The van der Waals surface area contributed by atoms with Crippen molar-refractivity contribution in [2.24, 2.45) is 5.41 Å². The first-order valence-corrected chi connectivity index (χ1v) is 8.55. The van der Waals surface area contributed by atoms with Crippen LogP contribution in [0, 0.1) is 17.3 Å². The normalized spacial score (nSPS) is 10.9. The zero-order chi connectivity index (χ0) is 16.0. The molecule has 122 valence electrons. The van der Waals surface area contributed by atoms with Crippen LogP contribution in [-0.4, -0.2) is 12.6 Å². The number of unbranched alkanes of at least 4 members (excludes halogenated alkanes) is 9. The maximum absolute atomic E-state index is 11.5. The van der Waals surface area contributed by atoms with Gasteiger partial charge in [0.1, 0.15) is 0 Å². The van der Waals surface area contributed by atoms with Crippen LogP contribution in [0.5, 0.6) is 0 Å². The summed E-state index contributed by atoms with van der Waals surface area (Å²) in [6, 6.07) is 0. The van der Waals surface area contributed by atoms with Crippen LogP contribution in [0.25, 0.3) is 0 Å². The fourth-order valence-corrected chi connectivity index (χ4v) is 2.06. The minimum Gasteiger partial charge on any atom is -0.465 e. The molecule has 21 heavy (non-hydrogen) atoms. The highest BCUT2D eigenvalue weighted by Crippen LogP contribution is 2.15. The molecule has 2 heteroatoms. The average molecular weight is 294 g/mol. The van der Waals surface area contributed by atoms with Crippen LogP contribution in [0.15, 0.2) is 0 Å². The lowest BCUT2D eigenvalue weighted by atomic mass is 9.97. The number of carbonyl (C=O) groups excluding carboxylic acids is 1. The molecule has 0 rings (SSSR count). The van der Waals surface area contributed by atoms with E-state index in [0.717, 1.165) is 12.8 Å². The summed E-state index contributed by atoms with van der Waals surface area (Å²) in [7, 11) is 0. The lowest BCUT2D eigenvalue weighted by Gasteiger charge is -2.16. The summed E-state index contributed by atoms with van der Waals surface area (Å²) in [5.74, 6) is 5.96. The van der Waals surface area contributed by atoms with Crippen LogP contribution >= 0.6 is 0 Å². The molecule has 0 aromatic heterocycles. The first-order valence-electron chi connectivity index (χ1n) is 8.55. The molecule has 0 aliphatic rings. The summed E-state index contributed by atoms with van der Waals surface area (Å²) in [5.41, 5.74) is -0.372. The summed E-state index contributed by atoms with van der Waals surface area (Å²) in [6.45, 7) is 8.16. The van der Waals surface area contributed by atoms with Crippen molar-refractivity contribution in [2.75, 3.05) is 6.61 Å². The Hall–Kier alpha value is -0.970. The minimum absolute atomic E-state index is 0.0877. The maximum atomic E-state index is 11.5. The van der Waals surface area contributed by atoms with Crippen LogP contribution in [-0.2, 0) is 9.53 Å². The van der Waals surface area contributed by atoms with Gasteiger partial charge in [0.05, 0.1) is 12.0 Å². The second kappa shape index (κ2) is 12.7. The Kier molecular flexibility index (Phi) is 12.2. The van der Waals surface area contributed by atoms with Gasteiger partial charge in [0.2, 0.25) is 0 Å². The van der Waals surface area contributed by atoms with Crippen LogP contribution in [0.1, 0.15) is 91.9 Å². The molecule has 0 unspecified atom stereocenters. The molecule has 0 aliphatic carbocycles. The van der Waals surface area contributed by atoms with Gasteiger partial charge in [0, 0.05) is 6.42 Å². The predicted octanol–water partition coefficient (Wildman–Crippen LogP) is 5.50. The molecule has 0 amide bonds. The Balaban J connectivity index is 3.19. The molecular formula is C19H34O2. The molecule has 0 N–H and O–H groups in total. The second-order valence-electron chi connectivity index (χ2n) is 6.74. The Morgan fingerprint density at radius 1 is 0.857 bits per heavy atom. The van der Waals surface area contributed by atoms with E-state index < -0.39 is 0 Å². The van der Waals surface area contributed by atoms with Gasteiger partial charge in [-0.3, -0.25) is 4.79 Å². The molecule has 0 radical (unpaired) electrons. The first-order chi connectivity index (χ1) is 9.98. The fraction of sp³-hybridized carbons (Fsp3) is 0.842. The molecule has 0 heterocycles. The second-order valence-corrected chi connectivity index (χ2v) is 6.74. The van der Waals surface area contributed by atoms with Gasteiger partial charge in [-0.1, -0.05) is 44.9 Å². The fourth-order valence-electron chi connectivity index (χ4n) is 2.06. The van der Waals surface area contributed by atoms with Crippen LogP contribution in [0.2, 0.25) is 0 Å². The van der Waals surface area contributed by atoms with Crippen molar-refractivity contribution in [2.45, 2.75) is 91.9 Å². The zero-order valence-corrected chi connectivity index (χ0v) is 14.6. The number of esters is 1. The molecular weight excluding hydrogens is 260 g/mol. The Morgan fingerprint density at radius 2 is 1.33 bits per heavy atom. The molecule has 0 aromatic rings. The van der Waals surface area contributed by atoms with Gasteiger partial charge >= 0.3 is 5.97 Å². The first kappa shape index (κ1) is 20.0. The van der Waals surface area contributed by atoms with Gasteiger partial charge in [-0.25, -0.2) is 0 Å². The van der Waals surface area contributed by atoms with Crippen molar-refractivity contribution in [3.05, 3.63) is 0 Å². The Morgan fingerprint density at radius 3 is 1.81 bits per heavy atom. The Bertz CT molecular complexity index is 315. The van der Waals surface area contributed by atoms with E-state index in [1.165, 1.54) is 51.4 Å². The number of carbonyl (C=O) groups is 1. The lowest BCUT2D eigenvalue weighted by molar-refractivity contribution is -0.153. The third-order valence-corrected chi connectivity index (χ3v) is 3.47. The third kappa shape index (κ3) is 13.8. The van der Waals surface area contributed by atoms with Crippen molar-refractivity contribution in [1.29, 1.82) is 0 Å². The molecule has 0 saturated carbocycles. The summed E-state index contributed by atoms with van der Waals surface area (Å²) in [5, 5.41) is 0. The maximum Gasteiger partial charge on any atom is 0.311 e. The van der Waals surface area contributed by atoms with Crippen LogP contribution in [0.4, 0.5) is 0 Å². The van der Waals surface area contributed by atoms with Crippen LogP contribution in [0.3, 0.4) is 0 Å². The van der Waals surface area contributed by atoms with E-state index in [0.29, 0.717) is 6.61 Å². The highest BCUT2D eigenvalue weighted by molar-refractivity contribution is 5.75. The zero-order valence-electron chi connectivity index (χ0n) is 14.6. The summed E-state index contributed by atoms with van der Waals surface area (Å²) in [6.07, 6.45) is 12.4. The van der Waals surface area contributed by atoms with E-state index >= 15 is 0 Å². The summed E-state index contributed by atoms with van der Waals surface area (Å²) < 4.78 is 5.25. The van der Waals surface area contributed by atoms with Crippen LogP contribution < -0.4 is 0 Å². The molecule has 0 bridgehead atoms. The van der Waals surface area contributed by atoms with Gasteiger partial charge in [0.15, 0.2) is 0 Å². The number of hydrogen-bond acceptors (Lipinski definition) is 2. The highest BCUT2D eigenvalue weighted by atomic mass is 16.5. The van der Waals surface area contributed by atoms with E-state index in [-0.39, 0.29) is 11.4 Å². The molecule has 0 atom stereocenters. The quantitative estimate of drug-likeness (QED) is 0.286. The van der Waals surface area contributed by atoms with Gasteiger partial charge < -0.3 is 4.74 Å². The highest BCUT2D eigenvalue weighted by Gasteiger charge is 2.22. The largest absolute Gasteiger partial charge is 0.465 e. The summed E-state index contributed by atoms with van der Waals surface area (Å²) in [4.78, 5) is 11.5. The smallest absolute Gasteiger partial charge is 0.311 e. The van der Waals surface area contributed by atoms with Crippen molar-refractivity contribution in [3.8, 4) is 11.8 Å². The predicted molar refractivity (Wildman–Crippen MR) is 90.0 cm³/mol. The average Bonchev–Trinajstić information content (AvgIpc) is 2.42. The van der Waals surface area contributed by atoms with E-state index in [1.54, 1.807) is 0 Å². The Labute approximate surface area is 132 Å². The van der Waals surface area contributed by atoms with Crippen molar-refractivity contribution >= 4 is 5.97 Å². The monoisotopic (exact) mass is 294 g/mol. The molecule has 0 aliphatic heterocycles. The van der Waals surface area contributed by atoms with E-state index in [4.69, 9.17) is 4.74 Å². The number of rotatable bonds is 11. The van der Waals surface area contributed by atoms with Crippen molar-refractivity contribution < 1.29 is 9.53 Å². The van der Waals surface area contributed by atoms with E-state index in [9.17, 15) is 4.79 Å². The number of hydrogen-bond donors (Lipinski definition) is 0. The molecule has 0 saturated heterocycles. The van der Waals surface area contributed by atoms with Gasteiger partial charge in [-0.2, -0.15) is 0 Å².